The molecule has 5 rings (SSSR count). The zero-order valence-electron chi connectivity index (χ0n) is 16.6. The smallest absolute Gasteiger partial charge is 0.196 e. The monoisotopic (exact) mass is 462 g/mol. The van der Waals surface area contributed by atoms with E-state index in [1.54, 1.807) is 28.8 Å². The van der Waals surface area contributed by atoms with E-state index in [9.17, 15) is 4.39 Å². The molecule has 0 fully saturated rings. The van der Waals surface area contributed by atoms with Gasteiger partial charge in [-0.05, 0) is 36.4 Å². The molecule has 0 aliphatic rings. The zero-order valence-corrected chi connectivity index (χ0v) is 18.2. The van der Waals surface area contributed by atoms with Crippen molar-refractivity contribution in [3.05, 3.63) is 89.5 Å². The molecule has 0 saturated carbocycles. The van der Waals surface area contributed by atoms with Gasteiger partial charge < -0.3 is 5.73 Å². The highest BCUT2D eigenvalue weighted by Gasteiger charge is 2.20. The molecule has 0 radical (unpaired) electrons. The number of aromatic nitrogens is 5. The first-order valence-corrected chi connectivity index (χ1v) is 11.1. The molecule has 0 atom stereocenters. The van der Waals surface area contributed by atoms with E-state index >= 15 is 0 Å². The summed E-state index contributed by atoms with van der Waals surface area (Å²) in [6, 6.07) is 21.3. The van der Waals surface area contributed by atoms with Crippen LogP contribution in [0.5, 0.6) is 0 Å². The molecule has 32 heavy (non-hydrogen) atoms. The number of nitrogens with two attached hydrogens (primary N) is 1. The number of thioether (sulfide) groups is 1. The van der Waals surface area contributed by atoms with Crippen LogP contribution in [0.25, 0.3) is 28.0 Å². The first kappa shape index (κ1) is 20.4. The average molecular weight is 463 g/mol. The topological polar surface area (TPSA) is 82.5 Å². The summed E-state index contributed by atoms with van der Waals surface area (Å²) in [6.07, 6.45) is 0. The van der Waals surface area contributed by atoms with Crippen LogP contribution in [-0.4, -0.2) is 24.7 Å². The summed E-state index contributed by atoms with van der Waals surface area (Å²) in [5, 5.41) is 10.4. The van der Waals surface area contributed by atoms with E-state index < -0.39 is 5.82 Å². The highest BCUT2D eigenvalue weighted by molar-refractivity contribution is 7.98. The maximum atomic E-state index is 14.8. The molecule has 2 N–H and O–H groups in total. The van der Waals surface area contributed by atoms with Gasteiger partial charge in [0.15, 0.2) is 11.0 Å². The van der Waals surface area contributed by atoms with E-state index in [0.29, 0.717) is 44.6 Å². The Labute approximate surface area is 192 Å². The predicted octanol–water partition coefficient (Wildman–Crippen LogP) is 5.54. The number of anilines is 1. The minimum absolute atomic E-state index is 0.328. The van der Waals surface area contributed by atoms with Crippen molar-refractivity contribution in [1.82, 2.24) is 24.7 Å². The number of fused-ring (bicyclic) bond motifs is 1. The molecule has 0 amide bonds. The second-order valence-corrected chi connectivity index (χ2v) is 8.25. The van der Waals surface area contributed by atoms with Crippen LogP contribution in [0.1, 0.15) is 5.82 Å². The first-order chi connectivity index (χ1) is 15.6. The summed E-state index contributed by atoms with van der Waals surface area (Å²) in [7, 11) is 0. The Morgan fingerprint density at radius 3 is 2.50 bits per heavy atom. The lowest BCUT2D eigenvalue weighted by Crippen LogP contribution is -2.04. The fourth-order valence-corrected chi connectivity index (χ4v) is 4.40. The van der Waals surface area contributed by atoms with E-state index in [2.05, 4.69) is 20.2 Å². The molecule has 0 saturated heterocycles. The minimum Gasteiger partial charge on any atom is -0.383 e. The van der Waals surface area contributed by atoms with Crippen molar-refractivity contribution in [3.63, 3.8) is 0 Å². The van der Waals surface area contributed by atoms with Gasteiger partial charge in [0.1, 0.15) is 17.5 Å². The average Bonchev–Trinajstić information content (AvgIpc) is 3.22. The van der Waals surface area contributed by atoms with Gasteiger partial charge in [0.25, 0.3) is 0 Å². The summed E-state index contributed by atoms with van der Waals surface area (Å²) in [4.78, 5) is 8.99. The Bertz CT molecular complexity index is 1440. The lowest BCUT2D eigenvalue weighted by atomic mass is 10.2. The quantitative estimate of drug-likeness (QED) is 0.345. The third-order valence-electron chi connectivity index (χ3n) is 4.85. The number of halogens is 2. The standard InChI is InChI=1S/C23H16ClFN6S/c24-16-9-3-1-7-14(16)22-29-30-23(31(22)19-12-6-4-10-17(19)25)32-13-20-27-18-11-5-2-8-15(18)21(26)28-20/h1-12H,13H2,(H2,26,27,28). The highest BCUT2D eigenvalue weighted by Crippen LogP contribution is 2.33. The van der Waals surface area contributed by atoms with Gasteiger partial charge in [0, 0.05) is 10.9 Å². The van der Waals surface area contributed by atoms with Gasteiger partial charge in [-0.1, -0.05) is 59.8 Å². The maximum Gasteiger partial charge on any atom is 0.196 e. The molecule has 0 unspecified atom stereocenters. The van der Waals surface area contributed by atoms with E-state index in [-0.39, 0.29) is 0 Å². The number of para-hydroxylation sites is 2. The van der Waals surface area contributed by atoms with Crippen LogP contribution in [0.4, 0.5) is 10.2 Å². The molecule has 0 bridgehead atoms. The summed E-state index contributed by atoms with van der Waals surface area (Å²) in [6.45, 7) is 0. The Morgan fingerprint density at radius 1 is 0.906 bits per heavy atom. The minimum atomic E-state index is -0.395. The van der Waals surface area contributed by atoms with Crippen molar-refractivity contribution >= 4 is 40.1 Å². The first-order valence-electron chi connectivity index (χ1n) is 9.71. The van der Waals surface area contributed by atoms with Gasteiger partial charge >= 0.3 is 0 Å². The number of hydrogen-bond acceptors (Lipinski definition) is 6. The lowest BCUT2D eigenvalue weighted by Gasteiger charge is -2.12. The van der Waals surface area contributed by atoms with Crippen LogP contribution in [0.15, 0.2) is 78.0 Å². The Morgan fingerprint density at radius 2 is 1.66 bits per heavy atom. The van der Waals surface area contributed by atoms with Crippen LogP contribution < -0.4 is 5.73 Å². The summed E-state index contributed by atoms with van der Waals surface area (Å²) in [5.41, 5.74) is 7.86. The highest BCUT2D eigenvalue weighted by atomic mass is 35.5. The number of benzene rings is 3. The van der Waals surface area contributed by atoms with Gasteiger partial charge in [-0.2, -0.15) is 0 Å². The molecule has 5 aromatic rings. The molecule has 158 valence electrons. The van der Waals surface area contributed by atoms with Gasteiger partial charge in [-0.25, -0.2) is 14.4 Å². The fourth-order valence-electron chi connectivity index (χ4n) is 3.38. The third-order valence-corrected chi connectivity index (χ3v) is 6.11. The fraction of sp³-hybridized carbons (Fsp3) is 0.0435. The van der Waals surface area contributed by atoms with E-state index in [0.717, 1.165) is 10.9 Å². The van der Waals surface area contributed by atoms with Crippen LogP contribution in [0.3, 0.4) is 0 Å². The van der Waals surface area contributed by atoms with E-state index in [1.165, 1.54) is 17.8 Å². The normalized spacial score (nSPS) is 11.2. The number of hydrogen-bond donors (Lipinski definition) is 1. The number of nitrogens with zero attached hydrogens (tertiary/aromatic N) is 5. The van der Waals surface area contributed by atoms with Gasteiger partial charge in [-0.3, -0.25) is 4.57 Å². The van der Waals surface area contributed by atoms with Crippen molar-refractivity contribution in [3.8, 4) is 17.1 Å². The van der Waals surface area contributed by atoms with Crippen molar-refractivity contribution in [2.75, 3.05) is 5.73 Å². The summed E-state index contributed by atoms with van der Waals surface area (Å²) in [5.74, 6) is 1.40. The Kier molecular flexibility index (Phi) is 5.46. The van der Waals surface area contributed by atoms with Crippen molar-refractivity contribution in [2.45, 2.75) is 10.9 Å². The van der Waals surface area contributed by atoms with E-state index in [1.807, 2.05) is 42.5 Å². The molecule has 2 aromatic heterocycles. The maximum absolute atomic E-state index is 14.8. The molecule has 0 aliphatic heterocycles. The van der Waals surface area contributed by atoms with Gasteiger partial charge in [0.05, 0.1) is 22.0 Å². The molecule has 2 heterocycles. The molecule has 0 spiro atoms. The molecular formula is C23H16ClFN6S. The number of nitrogen functional groups attached to an aromatic ring is 1. The molecule has 9 heteroatoms. The van der Waals surface area contributed by atoms with Gasteiger partial charge in [0.2, 0.25) is 0 Å². The van der Waals surface area contributed by atoms with Crippen molar-refractivity contribution in [2.24, 2.45) is 0 Å². The summed E-state index contributed by atoms with van der Waals surface area (Å²) < 4.78 is 16.4. The van der Waals surface area contributed by atoms with Crippen LogP contribution >= 0.6 is 23.4 Å². The largest absolute Gasteiger partial charge is 0.383 e. The van der Waals surface area contributed by atoms with Crippen LogP contribution in [0, 0.1) is 5.82 Å². The van der Waals surface area contributed by atoms with E-state index in [4.69, 9.17) is 17.3 Å². The second kappa shape index (κ2) is 8.57. The zero-order chi connectivity index (χ0) is 22.1. The van der Waals surface area contributed by atoms with Crippen molar-refractivity contribution in [1.29, 1.82) is 0 Å². The second-order valence-electron chi connectivity index (χ2n) is 6.90. The third kappa shape index (κ3) is 3.79. The van der Waals surface area contributed by atoms with Gasteiger partial charge in [-0.15, -0.1) is 10.2 Å². The van der Waals surface area contributed by atoms with Crippen LogP contribution in [-0.2, 0) is 5.75 Å². The number of rotatable bonds is 5. The molecular weight excluding hydrogens is 447 g/mol. The SMILES string of the molecule is Nc1nc(CSc2nnc(-c3ccccc3Cl)n2-c2ccccc2F)nc2ccccc12. The molecule has 3 aromatic carbocycles. The Balaban J connectivity index is 1.56. The van der Waals surface area contributed by atoms with Crippen molar-refractivity contribution < 1.29 is 4.39 Å². The summed E-state index contributed by atoms with van der Waals surface area (Å²) >= 11 is 7.74. The Hall–Kier alpha value is -3.49. The molecule has 0 aliphatic carbocycles. The molecule has 6 nitrogen and oxygen atoms in total. The predicted molar refractivity (Wildman–Crippen MR) is 125 cm³/mol. The van der Waals surface area contributed by atoms with Crippen LogP contribution in [0.2, 0.25) is 5.02 Å². The lowest BCUT2D eigenvalue weighted by molar-refractivity contribution is 0.613.